The van der Waals surface area contributed by atoms with Gasteiger partial charge in [0.25, 0.3) is 0 Å². The van der Waals surface area contributed by atoms with Gasteiger partial charge < -0.3 is 46.2 Å². The summed E-state index contributed by atoms with van der Waals surface area (Å²) in [6.07, 6.45) is 8.69. The second-order valence-electron chi connectivity index (χ2n) is 17.0. The van der Waals surface area contributed by atoms with Crippen molar-refractivity contribution in [3.05, 3.63) is 0 Å². The van der Waals surface area contributed by atoms with E-state index in [4.69, 9.17) is 11.5 Å². The molecule has 14 nitrogen and oxygen atoms in total. The third-order valence-corrected chi connectivity index (χ3v) is 13.1. The molecule has 14 heteroatoms. The second-order valence-corrected chi connectivity index (χ2v) is 17.0. The van der Waals surface area contributed by atoms with Crippen molar-refractivity contribution in [3.8, 4) is 0 Å². The topological polar surface area (TPSA) is 135 Å². The highest BCUT2D eigenvalue weighted by atomic mass is 15.4. The third-order valence-electron chi connectivity index (χ3n) is 13.1. The fraction of sp³-hybridized carbons (Fsp3) is 1.00. The molecular weight excluding hydrogens is 653 g/mol. The first-order chi connectivity index (χ1) is 25.2. The molecule has 5 fully saturated rings. The molecule has 4 saturated heterocycles. The zero-order valence-corrected chi connectivity index (χ0v) is 33.9. The Morgan fingerprint density at radius 2 is 0.885 bits per heavy atom. The fourth-order valence-corrected chi connectivity index (χ4v) is 9.09. The van der Waals surface area contributed by atoms with Crippen molar-refractivity contribution in [2.75, 3.05) is 178 Å². The lowest BCUT2D eigenvalue weighted by atomic mass is 9.88. The number of nitrogens with zero attached hydrogens (tertiary/aromatic N) is 7. The minimum atomic E-state index is -0.859. The van der Waals surface area contributed by atoms with Crippen molar-refractivity contribution >= 4 is 0 Å². The number of nitrogens with two attached hydrogens (primary N) is 2. The quantitative estimate of drug-likeness (QED) is 0.0495. The van der Waals surface area contributed by atoms with E-state index in [2.05, 4.69) is 82.0 Å². The molecule has 5 rings (SSSR count). The van der Waals surface area contributed by atoms with E-state index in [1.165, 1.54) is 71.6 Å². The maximum atomic E-state index is 7.79. The summed E-state index contributed by atoms with van der Waals surface area (Å²) in [5.74, 6) is 0. The van der Waals surface area contributed by atoms with Crippen LogP contribution in [-0.2, 0) is 0 Å². The maximum Gasteiger partial charge on any atom is 0.131 e. The third kappa shape index (κ3) is 12.5. The van der Waals surface area contributed by atoms with Crippen molar-refractivity contribution in [2.45, 2.75) is 68.4 Å². The van der Waals surface area contributed by atoms with E-state index in [9.17, 15) is 0 Å². The van der Waals surface area contributed by atoms with Gasteiger partial charge in [0.2, 0.25) is 0 Å². The molecule has 1 saturated carbocycles. The standard InChI is InChI=1S/C38H82N14/c1-46-24-30-50(31-25-46)19-8-6-12-42-36(39)10-11-37(44-17-23-52-34-28-48(3)29-35-52,43-13-5-4-7-18-49-21-15-41-16-22-49)38(36,40)45-14-9-20-51-32-26-47(2)27-33-51/h41-45H,4-35,39-40H2,1-3H3. The number of unbranched alkanes of at least 4 members (excludes halogenated alkanes) is 3. The second kappa shape index (κ2) is 21.7. The van der Waals surface area contributed by atoms with Crippen molar-refractivity contribution in [1.82, 2.24) is 60.9 Å². The Kier molecular flexibility index (Phi) is 17.7. The lowest BCUT2D eigenvalue weighted by molar-refractivity contribution is 0.0559. The van der Waals surface area contributed by atoms with Crippen LogP contribution in [-0.4, -0.2) is 230 Å². The summed E-state index contributed by atoms with van der Waals surface area (Å²) in [4.78, 5) is 17.7. The van der Waals surface area contributed by atoms with E-state index in [0.717, 1.165) is 137 Å². The first kappa shape index (κ1) is 42.6. The van der Waals surface area contributed by atoms with Gasteiger partial charge in [-0.1, -0.05) is 6.42 Å². The van der Waals surface area contributed by atoms with Gasteiger partial charge in [-0.3, -0.25) is 26.2 Å². The molecule has 0 radical (unpaired) electrons. The average Bonchev–Trinajstić information content (AvgIpc) is 3.36. The van der Waals surface area contributed by atoms with Gasteiger partial charge in [0.1, 0.15) is 17.0 Å². The molecule has 4 heterocycles. The summed E-state index contributed by atoms with van der Waals surface area (Å²) in [6, 6.07) is 0. The molecule has 0 aromatic heterocycles. The summed E-state index contributed by atoms with van der Waals surface area (Å²) in [5, 5.41) is 19.5. The molecule has 0 bridgehead atoms. The van der Waals surface area contributed by atoms with Gasteiger partial charge in [-0.2, -0.15) is 0 Å². The van der Waals surface area contributed by atoms with Crippen LogP contribution in [0.5, 0.6) is 0 Å². The predicted octanol–water partition coefficient (Wildman–Crippen LogP) is -1.87. The van der Waals surface area contributed by atoms with Gasteiger partial charge in [0.05, 0.1) is 0 Å². The fourth-order valence-electron chi connectivity index (χ4n) is 9.09. The van der Waals surface area contributed by atoms with E-state index in [0.29, 0.717) is 0 Å². The van der Waals surface area contributed by atoms with E-state index in [1.807, 2.05) is 0 Å². The van der Waals surface area contributed by atoms with Crippen molar-refractivity contribution < 1.29 is 0 Å². The van der Waals surface area contributed by atoms with Crippen LogP contribution in [0.2, 0.25) is 0 Å². The monoisotopic (exact) mass is 735 g/mol. The van der Waals surface area contributed by atoms with Crippen LogP contribution in [0.3, 0.4) is 0 Å². The maximum absolute atomic E-state index is 7.79. The molecule has 5 aliphatic rings. The summed E-state index contributed by atoms with van der Waals surface area (Å²) in [5.41, 5.74) is 13.2. The first-order valence-electron chi connectivity index (χ1n) is 21.4. The van der Waals surface area contributed by atoms with Crippen LogP contribution in [0, 0.1) is 0 Å². The largest absolute Gasteiger partial charge is 0.314 e. The van der Waals surface area contributed by atoms with Crippen LogP contribution in [0.4, 0.5) is 0 Å². The number of piperazine rings is 4. The van der Waals surface area contributed by atoms with Crippen LogP contribution in [0.25, 0.3) is 0 Å². The highest BCUT2D eigenvalue weighted by Gasteiger charge is 2.64. The zero-order valence-electron chi connectivity index (χ0n) is 33.9. The van der Waals surface area contributed by atoms with Gasteiger partial charge in [-0.15, -0.1) is 0 Å². The van der Waals surface area contributed by atoms with Gasteiger partial charge >= 0.3 is 0 Å². The lowest BCUT2D eigenvalue weighted by Crippen LogP contribution is -2.88. The Morgan fingerprint density at radius 3 is 1.48 bits per heavy atom. The van der Waals surface area contributed by atoms with Gasteiger partial charge in [0, 0.05) is 118 Å². The van der Waals surface area contributed by atoms with E-state index < -0.39 is 17.0 Å². The first-order valence-corrected chi connectivity index (χ1v) is 21.4. The molecule has 1 aliphatic carbocycles. The Balaban J connectivity index is 1.21. The van der Waals surface area contributed by atoms with Crippen LogP contribution >= 0.6 is 0 Å². The van der Waals surface area contributed by atoms with Crippen LogP contribution < -0.4 is 38.1 Å². The molecule has 3 atom stereocenters. The molecule has 0 spiro atoms. The van der Waals surface area contributed by atoms with Crippen molar-refractivity contribution in [1.29, 1.82) is 0 Å². The Bertz CT molecular complexity index is 963. The van der Waals surface area contributed by atoms with Gasteiger partial charge in [-0.05, 0) is 105 Å². The molecule has 9 N–H and O–H groups in total. The number of rotatable bonds is 22. The predicted molar refractivity (Wildman–Crippen MR) is 217 cm³/mol. The molecular formula is C38H82N14. The van der Waals surface area contributed by atoms with Crippen LogP contribution in [0.1, 0.15) is 51.4 Å². The molecule has 0 amide bonds. The normalized spacial score (nSPS) is 31.6. The van der Waals surface area contributed by atoms with E-state index in [-0.39, 0.29) is 0 Å². The molecule has 0 aromatic rings. The summed E-state index contributed by atoms with van der Waals surface area (Å²) in [7, 11) is 6.69. The Morgan fingerprint density at radius 1 is 0.442 bits per heavy atom. The molecule has 52 heavy (non-hydrogen) atoms. The minimum absolute atomic E-state index is 0.506. The molecule has 304 valence electrons. The Hall–Kier alpha value is -0.560. The van der Waals surface area contributed by atoms with Gasteiger partial charge in [-0.25, -0.2) is 0 Å². The molecule has 3 unspecified atom stereocenters. The smallest absolute Gasteiger partial charge is 0.131 e. The number of likely N-dealkylation sites (N-methyl/N-ethyl adjacent to an activating group) is 3. The summed E-state index contributed by atoms with van der Waals surface area (Å²) >= 11 is 0. The summed E-state index contributed by atoms with van der Waals surface area (Å²) < 4.78 is 0. The number of hydrogen-bond donors (Lipinski definition) is 7. The SMILES string of the molecule is CN1CCN(CCCCNC2(N)CCC(NCCCCCN3CCNCC3)(NCCN3CCN(C)CC3)C2(N)NCCCN2CCN(C)CC2)CC1. The summed E-state index contributed by atoms with van der Waals surface area (Å²) in [6.45, 7) is 26.5. The van der Waals surface area contributed by atoms with E-state index in [1.54, 1.807) is 0 Å². The van der Waals surface area contributed by atoms with Gasteiger partial charge in [0.15, 0.2) is 0 Å². The highest BCUT2D eigenvalue weighted by molar-refractivity contribution is 5.23. The number of hydrogen-bond acceptors (Lipinski definition) is 14. The Labute approximate surface area is 318 Å². The van der Waals surface area contributed by atoms with E-state index >= 15 is 0 Å². The van der Waals surface area contributed by atoms with Crippen molar-refractivity contribution in [2.24, 2.45) is 11.5 Å². The van der Waals surface area contributed by atoms with Crippen LogP contribution in [0.15, 0.2) is 0 Å². The zero-order chi connectivity index (χ0) is 36.7. The van der Waals surface area contributed by atoms with Crippen molar-refractivity contribution in [3.63, 3.8) is 0 Å². The number of nitrogens with one attached hydrogen (secondary N) is 5. The average molecular weight is 735 g/mol. The molecule has 4 aliphatic heterocycles. The molecule has 0 aromatic carbocycles. The minimum Gasteiger partial charge on any atom is -0.314 e. The lowest BCUT2D eigenvalue weighted by Gasteiger charge is -2.52. The highest BCUT2D eigenvalue weighted by Crippen LogP contribution is 2.39.